The topological polar surface area (TPSA) is 29.5 Å². The summed E-state index contributed by atoms with van der Waals surface area (Å²) in [4.78, 5) is 14.2. The van der Waals surface area contributed by atoms with Gasteiger partial charge in [-0.3, -0.25) is 0 Å². The highest BCUT2D eigenvalue weighted by molar-refractivity contribution is 5.68. The van der Waals surface area contributed by atoms with Crippen LogP contribution in [0.25, 0.3) is 0 Å². The number of benzene rings is 1. The highest BCUT2D eigenvalue weighted by Crippen LogP contribution is 2.43. The number of aryl methyl sites for hydroxylation is 1. The Balaban J connectivity index is 2.22. The molecule has 0 N–H and O–H groups in total. The van der Waals surface area contributed by atoms with Crippen molar-refractivity contribution >= 4 is 6.09 Å². The molecule has 0 aromatic heterocycles. The predicted octanol–water partition coefficient (Wildman–Crippen LogP) is 5.84. The third kappa shape index (κ3) is 4.99. The van der Waals surface area contributed by atoms with Crippen molar-refractivity contribution in [3.63, 3.8) is 0 Å². The van der Waals surface area contributed by atoms with Crippen LogP contribution in [0.5, 0.6) is 0 Å². The first-order chi connectivity index (χ1) is 12.1. The Morgan fingerprint density at radius 1 is 1.31 bits per heavy atom. The van der Waals surface area contributed by atoms with Gasteiger partial charge in [-0.2, -0.15) is 0 Å². The molecular weight excluding hydrogens is 329 g/mol. The Morgan fingerprint density at radius 2 is 1.92 bits per heavy atom. The van der Waals surface area contributed by atoms with E-state index in [0.29, 0.717) is 19.0 Å². The number of nitrogens with zero attached hydrogens (tertiary/aromatic N) is 1. The number of ether oxygens (including phenoxy) is 1. The summed E-state index contributed by atoms with van der Waals surface area (Å²) in [6, 6.07) is 5.16. The van der Waals surface area contributed by atoms with Crippen LogP contribution >= 0.6 is 0 Å². The summed E-state index contributed by atoms with van der Waals surface area (Å²) in [5.41, 5.74) is 1.78. The maximum Gasteiger partial charge on any atom is 0.410 e. The van der Waals surface area contributed by atoms with E-state index in [1.165, 1.54) is 5.56 Å². The molecule has 0 bridgehead atoms. The SMILES string of the molecule is CCC(C)CC1(c2ccc(F)cc2C)CCN(C(=O)OC(C)(C)C)CC1. The predicted molar refractivity (Wildman–Crippen MR) is 104 cm³/mol. The monoisotopic (exact) mass is 363 g/mol. The second-order valence-electron chi connectivity index (χ2n) is 8.92. The Labute approximate surface area is 157 Å². The minimum absolute atomic E-state index is 0.00568. The van der Waals surface area contributed by atoms with Gasteiger partial charge in [0.25, 0.3) is 0 Å². The second kappa shape index (κ2) is 7.98. The zero-order valence-corrected chi connectivity index (χ0v) is 17.2. The van der Waals surface area contributed by atoms with Crippen LogP contribution in [-0.4, -0.2) is 29.7 Å². The lowest BCUT2D eigenvalue weighted by Gasteiger charge is -2.44. The lowest BCUT2D eigenvalue weighted by Crippen LogP contribution is -2.47. The van der Waals surface area contributed by atoms with Gasteiger partial charge in [0.15, 0.2) is 0 Å². The van der Waals surface area contributed by atoms with Gasteiger partial charge in [0.2, 0.25) is 0 Å². The fraction of sp³-hybridized carbons (Fsp3) is 0.682. The smallest absolute Gasteiger partial charge is 0.410 e. The van der Waals surface area contributed by atoms with Crippen molar-refractivity contribution in [2.45, 2.75) is 78.2 Å². The zero-order chi connectivity index (χ0) is 19.5. The van der Waals surface area contributed by atoms with E-state index in [-0.39, 0.29) is 17.3 Å². The lowest BCUT2D eigenvalue weighted by atomic mass is 9.66. The minimum Gasteiger partial charge on any atom is -0.444 e. The standard InChI is InChI=1S/C22H34FNO2/c1-7-16(2)15-22(19-9-8-18(23)14-17(19)3)10-12-24(13-11-22)20(25)26-21(4,5)6/h8-9,14,16H,7,10-13,15H2,1-6H3. The molecule has 1 aliphatic heterocycles. The first-order valence-electron chi connectivity index (χ1n) is 9.81. The van der Waals surface area contributed by atoms with E-state index in [2.05, 4.69) is 13.8 Å². The van der Waals surface area contributed by atoms with Crippen molar-refractivity contribution in [3.8, 4) is 0 Å². The molecule has 1 saturated heterocycles. The largest absolute Gasteiger partial charge is 0.444 e. The molecule has 0 spiro atoms. The highest BCUT2D eigenvalue weighted by Gasteiger charge is 2.40. The molecule has 1 aliphatic rings. The number of hydrogen-bond donors (Lipinski definition) is 0. The average Bonchev–Trinajstić information content (AvgIpc) is 2.53. The van der Waals surface area contributed by atoms with Crippen LogP contribution in [0.1, 0.15) is 71.4 Å². The van der Waals surface area contributed by atoms with Gasteiger partial charge in [-0.05, 0) is 81.5 Å². The van der Waals surface area contributed by atoms with E-state index >= 15 is 0 Å². The van der Waals surface area contributed by atoms with Crippen molar-refractivity contribution in [1.82, 2.24) is 4.90 Å². The Kier molecular flexibility index (Phi) is 6.36. The number of carbonyl (C=O) groups excluding carboxylic acids is 1. The quantitative estimate of drug-likeness (QED) is 0.672. The zero-order valence-electron chi connectivity index (χ0n) is 17.2. The first kappa shape index (κ1) is 20.7. The number of amides is 1. The van der Waals surface area contributed by atoms with Gasteiger partial charge in [0.1, 0.15) is 11.4 Å². The Bertz CT molecular complexity index is 628. The first-order valence-corrected chi connectivity index (χ1v) is 9.81. The van der Waals surface area contributed by atoms with Gasteiger partial charge in [-0.1, -0.05) is 26.3 Å². The van der Waals surface area contributed by atoms with Crippen LogP contribution < -0.4 is 0 Å². The van der Waals surface area contributed by atoms with Gasteiger partial charge in [-0.15, -0.1) is 0 Å². The summed E-state index contributed by atoms with van der Waals surface area (Å²) in [6.45, 7) is 13.5. The second-order valence-corrected chi connectivity index (χ2v) is 8.92. The molecule has 2 rings (SSSR count). The number of hydrogen-bond acceptors (Lipinski definition) is 2. The van der Waals surface area contributed by atoms with Crippen molar-refractivity contribution in [2.75, 3.05) is 13.1 Å². The number of halogens is 1. The van der Waals surface area contributed by atoms with E-state index in [9.17, 15) is 9.18 Å². The van der Waals surface area contributed by atoms with Gasteiger partial charge in [0.05, 0.1) is 0 Å². The molecule has 1 aromatic rings. The van der Waals surface area contributed by atoms with Crippen LogP contribution in [0.4, 0.5) is 9.18 Å². The van der Waals surface area contributed by atoms with Crippen molar-refractivity contribution in [1.29, 1.82) is 0 Å². The van der Waals surface area contributed by atoms with Crippen LogP contribution in [0.2, 0.25) is 0 Å². The van der Waals surface area contributed by atoms with Crippen molar-refractivity contribution in [2.24, 2.45) is 5.92 Å². The number of carbonyl (C=O) groups is 1. The molecular formula is C22H34FNO2. The third-order valence-electron chi connectivity index (χ3n) is 5.57. The molecule has 1 atom stereocenters. The molecule has 3 nitrogen and oxygen atoms in total. The maximum absolute atomic E-state index is 13.6. The summed E-state index contributed by atoms with van der Waals surface area (Å²) in [5, 5.41) is 0. The van der Waals surface area contributed by atoms with E-state index in [0.717, 1.165) is 31.2 Å². The van der Waals surface area contributed by atoms with Gasteiger partial charge in [0, 0.05) is 13.1 Å². The number of rotatable bonds is 4. The molecule has 1 heterocycles. The van der Waals surface area contributed by atoms with E-state index in [1.807, 2.05) is 38.7 Å². The van der Waals surface area contributed by atoms with Crippen LogP contribution in [0, 0.1) is 18.7 Å². The average molecular weight is 364 g/mol. The third-order valence-corrected chi connectivity index (χ3v) is 5.57. The summed E-state index contributed by atoms with van der Waals surface area (Å²) < 4.78 is 19.2. The Hall–Kier alpha value is -1.58. The number of likely N-dealkylation sites (tertiary alicyclic amines) is 1. The molecule has 146 valence electrons. The summed E-state index contributed by atoms with van der Waals surface area (Å²) in [5.74, 6) is 0.406. The fourth-order valence-corrected chi connectivity index (χ4v) is 4.06. The lowest BCUT2D eigenvalue weighted by molar-refractivity contribution is 0.0150. The van der Waals surface area contributed by atoms with Crippen molar-refractivity contribution in [3.05, 3.63) is 35.1 Å². The minimum atomic E-state index is -0.476. The van der Waals surface area contributed by atoms with E-state index in [1.54, 1.807) is 12.1 Å². The summed E-state index contributed by atoms with van der Waals surface area (Å²) in [6.07, 6.45) is 3.74. The molecule has 4 heteroatoms. The molecule has 1 unspecified atom stereocenters. The number of piperidine rings is 1. The summed E-state index contributed by atoms with van der Waals surface area (Å²) >= 11 is 0. The molecule has 1 amide bonds. The molecule has 0 radical (unpaired) electrons. The van der Waals surface area contributed by atoms with Crippen LogP contribution in [-0.2, 0) is 10.2 Å². The molecule has 0 saturated carbocycles. The normalized spacial score (nSPS) is 18.5. The molecule has 1 fully saturated rings. The van der Waals surface area contributed by atoms with Crippen molar-refractivity contribution < 1.29 is 13.9 Å². The van der Waals surface area contributed by atoms with E-state index < -0.39 is 5.60 Å². The van der Waals surface area contributed by atoms with E-state index in [4.69, 9.17) is 4.74 Å². The van der Waals surface area contributed by atoms with Crippen LogP contribution in [0.15, 0.2) is 18.2 Å². The van der Waals surface area contributed by atoms with Crippen LogP contribution in [0.3, 0.4) is 0 Å². The highest BCUT2D eigenvalue weighted by atomic mass is 19.1. The maximum atomic E-state index is 13.6. The molecule has 0 aliphatic carbocycles. The van der Waals surface area contributed by atoms with Gasteiger partial charge in [-0.25, -0.2) is 9.18 Å². The molecule has 1 aromatic carbocycles. The summed E-state index contributed by atoms with van der Waals surface area (Å²) in [7, 11) is 0. The Morgan fingerprint density at radius 3 is 2.42 bits per heavy atom. The van der Waals surface area contributed by atoms with Gasteiger partial charge < -0.3 is 9.64 Å². The fourth-order valence-electron chi connectivity index (χ4n) is 4.06. The molecule has 26 heavy (non-hydrogen) atoms. The van der Waals surface area contributed by atoms with Gasteiger partial charge >= 0.3 is 6.09 Å².